The molecular formula is C14H23N3O2. The van der Waals surface area contributed by atoms with Crippen molar-refractivity contribution in [3.63, 3.8) is 0 Å². The molecule has 5 heteroatoms. The Bertz CT molecular complexity index is 379. The number of rotatable bonds is 9. The van der Waals surface area contributed by atoms with Crippen molar-refractivity contribution in [1.82, 2.24) is 15.2 Å². The number of aromatic nitrogens is 1. The van der Waals surface area contributed by atoms with Crippen LogP contribution in [0.15, 0.2) is 18.3 Å². The van der Waals surface area contributed by atoms with Crippen LogP contribution in [0.1, 0.15) is 36.3 Å². The molecule has 2 N–H and O–H groups in total. The van der Waals surface area contributed by atoms with Crippen molar-refractivity contribution in [2.45, 2.75) is 26.8 Å². The van der Waals surface area contributed by atoms with Gasteiger partial charge < -0.3 is 15.3 Å². The summed E-state index contributed by atoms with van der Waals surface area (Å²) >= 11 is 0. The van der Waals surface area contributed by atoms with Gasteiger partial charge >= 0.3 is 5.97 Å². The van der Waals surface area contributed by atoms with Crippen LogP contribution in [0.3, 0.4) is 0 Å². The lowest BCUT2D eigenvalue weighted by Gasteiger charge is -2.19. The molecule has 0 aliphatic rings. The van der Waals surface area contributed by atoms with Gasteiger partial charge in [-0.05, 0) is 31.6 Å². The van der Waals surface area contributed by atoms with Crippen LogP contribution < -0.4 is 5.32 Å². The minimum absolute atomic E-state index is 0.226. The molecule has 0 saturated heterocycles. The van der Waals surface area contributed by atoms with Crippen molar-refractivity contribution >= 4 is 5.97 Å². The predicted octanol–water partition coefficient (Wildman–Crippen LogP) is 1.60. The third-order valence-corrected chi connectivity index (χ3v) is 2.97. The molecule has 1 rings (SSSR count). The minimum Gasteiger partial charge on any atom is -0.478 e. The molecule has 0 spiro atoms. The molecule has 19 heavy (non-hydrogen) atoms. The maximum absolute atomic E-state index is 10.7. The van der Waals surface area contributed by atoms with Gasteiger partial charge in [0.05, 0.1) is 11.3 Å². The molecule has 0 radical (unpaired) electrons. The second kappa shape index (κ2) is 8.61. The zero-order valence-corrected chi connectivity index (χ0v) is 11.7. The van der Waals surface area contributed by atoms with Crippen LogP contribution in [0.25, 0.3) is 0 Å². The van der Waals surface area contributed by atoms with Crippen molar-refractivity contribution in [3.8, 4) is 0 Å². The SMILES string of the molecule is CCCN(CC)CCNCc1ccc(C(=O)O)cn1. The van der Waals surface area contributed by atoms with Crippen LogP contribution in [0.5, 0.6) is 0 Å². The fourth-order valence-electron chi connectivity index (χ4n) is 1.85. The minimum atomic E-state index is -0.940. The quantitative estimate of drug-likeness (QED) is 0.664. The van der Waals surface area contributed by atoms with E-state index in [9.17, 15) is 4.79 Å². The van der Waals surface area contributed by atoms with Crippen molar-refractivity contribution in [2.75, 3.05) is 26.2 Å². The zero-order chi connectivity index (χ0) is 14.1. The smallest absolute Gasteiger partial charge is 0.337 e. The number of aromatic carboxylic acids is 1. The van der Waals surface area contributed by atoms with Crippen LogP contribution in [0.2, 0.25) is 0 Å². The van der Waals surface area contributed by atoms with E-state index >= 15 is 0 Å². The number of likely N-dealkylation sites (N-methyl/N-ethyl adjacent to an activating group) is 1. The lowest BCUT2D eigenvalue weighted by Crippen LogP contribution is -2.32. The Morgan fingerprint density at radius 2 is 2.16 bits per heavy atom. The second-order valence-electron chi connectivity index (χ2n) is 4.45. The monoisotopic (exact) mass is 265 g/mol. The van der Waals surface area contributed by atoms with Gasteiger partial charge in [-0.2, -0.15) is 0 Å². The van der Waals surface area contributed by atoms with Gasteiger partial charge in [0.25, 0.3) is 0 Å². The highest BCUT2D eigenvalue weighted by molar-refractivity contribution is 5.87. The number of nitrogens with one attached hydrogen (secondary N) is 1. The molecule has 1 heterocycles. The van der Waals surface area contributed by atoms with E-state index in [-0.39, 0.29) is 5.56 Å². The van der Waals surface area contributed by atoms with Crippen molar-refractivity contribution in [2.24, 2.45) is 0 Å². The average molecular weight is 265 g/mol. The number of hydrogen-bond acceptors (Lipinski definition) is 4. The molecule has 1 aromatic heterocycles. The fourth-order valence-corrected chi connectivity index (χ4v) is 1.85. The predicted molar refractivity (Wildman–Crippen MR) is 75.3 cm³/mol. The van der Waals surface area contributed by atoms with E-state index in [0.29, 0.717) is 6.54 Å². The molecule has 0 fully saturated rings. The van der Waals surface area contributed by atoms with Crippen molar-refractivity contribution in [1.29, 1.82) is 0 Å². The maximum atomic E-state index is 10.7. The topological polar surface area (TPSA) is 65.5 Å². The Labute approximate surface area is 114 Å². The van der Waals surface area contributed by atoms with Crippen molar-refractivity contribution < 1.29 is 9.90 Å². The van der Waals surface area contributed by atoms with Crippen LogP contribution in [0.4, 0.5) is 0 Å². The first kappa shape index (κ1) is 15.6. The normalized spacial score (nSPS) is 10.9. The van der Waals surface area contributed by atoms with Gasteiger partial charge in [0.1, 0.15) is 0 Å². The highest BCUT2D eigenvalue weighted by Gasteiger charge is 2.03. The van der Waals surface area contributed by atoms with Crippen LogP contribution in [-0.2, 0) is 6.54 Å². The summed E-state index contributed by atoms with van der Waals surface area (Å²) in [6, 6.07) is 3.34. The summed E-state index contributed by atoms with van der Waals surface area (Å²) < 4.78 is 0. The first-order valence-corrected chi connectivity index (χ1v) is 6.78. The molecule has 0 bridgehead atoms. The maximum Gasteiger partial charge on any atom is 0.337 e. The number of carbonyl (C=O) groups is 1. The highest BCUT2D eigenvalue weighted by atomic mass is 16.4. The molecule has 0 unspecified atom stereocenters. The Hall–Kier alpha value is -1.46. The molecule has 0 aromatic carbocycles. The molecule has 5 nitrogen and oxygen atoms in total. The molecule has 1 aromatic rings. The van der Waals surface area contributed by atoms with E-state index in [1.165, 1.54) is 12.6 Å². The van der Waals surface area contributed by atoms with Crippen LogP contribution >= 0.6 is 0 Å². The number of hydrogen-bond donors (Lipinski definition) is 2. The van der Waals surface area contributed by atoms with Crippen LogP contribution in [-0.4, -0.2) is 47.1 Å². The van der Waals surface area contributed by atoms with E-state index in [2.05, 4.69) is 29.0 Å². The first-order valence-electron chi connectivity index (χ1n) is 6.78. The van der Waals surface area contributed by atoms with Gasteiger partial charge in [-0.1, -0.05) is 13.8 Å². The number of carboxylic acid groups (broad SMARTS) is 1. The fraction of sp³-hybridized carbons (Fsp3) is 0.571. The molecule has 0 saturated carbocycles. The van der Waals surface area contributed by atoms with E-state index in [4.69, 9.17) is 5.11 Å². The van der Waals surface area contributed by atoms with E-state index < -0.39 is 5.97 Å². The van der Waals surface area contributed by atoms with Gasteiger partial charge in [-0.15, -0.1) is 0 Å². The number of pyridine rings is 1. The summed E-state index contributed by atoms with van der Waals surface area (Å²) in [5.41, 5.74) is 1.09. The molecule has 0 aliphatic heterocycles. The van der Waals surface area contributed by atoms with Gasteiger partial charge in [0, 0.05) is 25.8 Å². The zero-order valence-electron chi connectivity index (χ0n) is 11.7. The summed E-state index contributed by atoms with van der Waals surface area (Å²) in [6.07, 6.45) is 2.57. The Kier molecular flexibility index (Phi) is 7.07. The molecular weight excluding hydrogens is 242 g/mol. The van der Waals surface area contributed by atoms with Crippen molar-refractivity contribution in [3.05, 3.63) is 29.6 Å². The Morgan fingerprint density at radius 1 is 1.37 bits per heavy atom. The highest BCUT2D eigenvalue weighted by Crippen LogP contribution is 2.00. The molecule has 0 amide bonds. The standard InChI is InChI=1S/C14H23N3O2/c1-3-8-17(4-2)9-7-15-11-13-6-5-12(10-16-13)14(18)19/h5-6,10,15H,3-4,7-9,11H2,1-2H3,(H,18,19). The van der Waals surface area contributed by atoms with Gasteiger partial charge in [0.2, 0.25) is 0 Å². The summed E-state index contributed by atoms with van der Waals surface area (Å²) in [5, 5.41) is 12.1. The summed E-state index contributed by atoms with van der Waals surface area (Å²) in [7, 11) is 0. The summed E-state index contributed by atoms with van der Waals surface area (Å²) in [4.78, 5) is 17.2. The number of carboxylic acids is 1. The van der Waals surface area contributed by atoms with Gasteiger partial charge in [-0.3, -0.25) is 4.98 Å². The Balaban J connectivity index is 2.27. The largest absolute Gasteiger partial charge is 0.478 e. The average Bonchev–Trinajstić information content (AvgIpc) is 2.42. The molecule has 0 aliphatic carbocycles. The third-order valence-electron chi connectivity index (χ3n) is 2.97. The lowest BCUT2D eigenvalue weighted by atomic mass is 10.2. The Morgan fingerprint density at radius 3 is 2.68 bits per heavy atom. The van der Waals surface area contributed by atoms with E-state index in [1.807, 2.05) is 0 Å². The summed E-state index contributed by atoms with van der Waals surface area (Å²) in [6.45, 7) is 9.16. The lowest BCUT2D eigenvalue weighted by molar-refractivity contribution is 0.0696. The number of nitrogens with zero attached hydrogens (tertiary/aromatic N) is 2. The first-order chi connectivity index (χ1) is 9.17. The second-order valence-corrected chi connectivity index (χ2v) is 4.45. The molecule has 106 valence electrons. The third kappa shape index (κ3) is 5.81. The van der Waals surface area contributed by atoms with Gasteiger partial charge in [0.15, 0.2) is 0 Å². The van der Waals surface area contributed by atoms with E-state index in [1.54, 1.807) is 12.1 Å². The molecule has 0 atom stereocenters. The van der Waals surface area contributed by atoms with Gasteiger partial charge in [-0.25, -0.2) is 4.79 Å². The van der Waals surface area contributed by atoms with E-state index in [0.717, 1.165) is 31.9 Å². The van der Waals surface area contributed by atoms with Crippen LogP contribution in [0, 0.1) is 0 Å². The summed E-state index contributed by atoms with van der Waals surface area (Å²) in [5.74, 6) is -0.940.